The highest BCUT2D eigenvalue weighted by molar-refractivity contribution is 5.62. The van der Waals surface area contributed by atoms with Crippen LogP contribution in [0.25, 0.3) is 0 Å². The number of aromatic amines is 1. The fraction of sp³-hybridized carbons (Fsp3) is 0.529. The molecule has 0 saturated heterocycles. The van der Waals surface area contributed by atoms with E-state index in [1.54, 1.807) is 11.9 Å². The Kier molecular flexibility index (Phi) is 6.09. The van der Waals surface area contributed by atoms with Gasteiger partial charge in [0.15, 0.2) is 0 Å². The van der Waals surface area contributed by atoms with E-state index in [-0.39, 0.29) is 18.1 Å². The number of nitrogen functional groups attached to an aromatic ring is 1. The van der Waals surface area contributed by atoms with Crippen molar-refractivity contribution in [3.05, 3.63) is 53.4 Å². The van der Waals surface area contributed by atoms with E-state index in [4.69, 9.17) is 5.73 Å². The molecule has 0 aliphatic carbocycles. The second kappa shape index (κ2) is 8.11. The van der Waals surface area contributed by atoms with Crippen molar-refractivity contribution in [3.63, 3.8) is 0 Å². The summed E-state index contributed by atoms with van der Waals surface area (Å²) in [6.45, 7) is 4.72. The number of rotatable bonds is 7. The highest BCUT2D eigenvalue weighted by atomic mass is 16.2. The van der Waals surface area contributed by atoms with Crippen LogP contribution in [-0.4, -0.2) is 25.2 Å². The lowest BCUT2D eigenvalue weighted by atomic mass is 10.3. The number of nitrogens with one attached hydrogen (secondary N) is 1. The summed E-state index contributed by atoms with van der Waals surface area (Å²) in [6.07, 6.45) is 1.61. The average Bonchev–Trinajstić information content (AvgIpc) is 2.62. The van der Waals surface area contributed by atoms with Gasteiger partial charge in [0.1, 0.15) is 11.5 Å². The van der Waals surface area contributed by atoms with Crippen molar-refractivity contribution in [2.24, 2.45) is 14.1 Å². The lowest BCUT2D eigenvalue weighted by Gasteiger charge is -2.25. The summed E-state index contributed by atoms with van der Waals surface area (Å²) < 4.78 is 3.69. The van der Waals surface area contributed by atoms with Crippen LogP contribution in [0, 0.1) is 0 Å². The Labute approximate surface area is 155 Å². The van der Waals surface area contributed by atoms with Crippen LogP contribution in [0.5, 0.6) is 0 Å². The molecular formula is C17H26N6O4. The summed E-state index contributed by atoms with van der Waals surface area (Å²) in [7, 11) is 2.96. The summed E-state index contributed by atoms with van der Waals surface area (Å²) in [5.41, 5.74) is 4.71. The van der Waals surface area contributed by atoms with Crippen molar-refractivity contribution in [1.29, 1.82) is 0 Å². The number of H-pyrrole nitrogens is 1. The largest absolute Gasteiger partial charge is 0.383 e. The second-order valence-electron chi connectivity index (χ2n) is 6.39. The standard InChI is InChI=1S/C17H26N6O4/c1-5-7-8-23-14(18)13(15(25)19-16(23)26)22(6-2)10-11-9-12(24)21(4)17(27)20(11)3/h9H,5-8,10,18H2,1-4H3,(H,19,25,26). The summed E-state index contributed by atoms with van der Waals surface area (Å²) in [4.78, 5) is 52.6. The molecule has 10 heteroatoms. The van der Waals surface area contributed by atoms with E-state index < -0.39 is 22.5 Å². The minimum Gasteiger partial charge on any atom is -0.383 e. The molecule has 0 atom stereocenters. The Bertz CT molecular complexity index is 1060. The highest BCUT2D eigenvalue weighted by Gasteiger charge is 2.19. The number of aromatic nitrogens is 4. The Morgan fingerprint density at radius 3 is 2.37 bits per heavy atom. The monoisotopic (exact) mass is 378 g/mol. The number of nitrogens with two attached hydrogens (primary N) is 1. The molecule has 0 aliphatic rings. The van der Waals surface area contributed by atoms with E-state index in [1.165, 1.54) is 22.2 Å². The van der Waals surface area contributed by atoms with Gasteiger partial charge in [0.25, 0.3) is 11.1 Å². The number of hydrogen-bond donors (Lipinski definition) is 2. The van der Waals surface area contributed by atoms with Crippen LogP contribution in [0.2, 0.25) is 0 Å². The normalized spacial score (nSPS) is 11.0. The molecule has 2 rings (SSSR count). The lowest BCUT2D eigenvalue weighted by molar-refractivity contribution is 0.599. The molecule has 0 aliphatic heterocycles. The third-order valence-electron chi connectivity index (χ3n) is 4.63. The van der Waals surface area contributed by atoms with Crippen molar-refractivity contribution in [2.45, 2.75) is 39.8 Å². The Morgan fingerprint density at radius 2 is 1.78 bits per heavy atom. The van der Waals surface area contributed by atoms with E-state index >= 15 is 0 Å². The SMILES string of the molecule is CCCCn1c(N)c(N(CC)Cc2cc(=O)n(C)c(=O)n2C)c(=O)[nH]c1=O. The smallest absolute Gasteiger partial charge is 0.330 e. The molecule has 3 N–H and O–H groups in total. The minimum atomic E-state index is -0.596. The highest BCUT2D eigenvalue weighted by Crippen LogP contribution is 2.18. The predicted octanol–water partition coefficient (Wildman–Crippen LogP) is -0.657. The van der Waals surface area contributed by atoms with Gasteiger partial charge in [0, 0.05) is 38.9 Å². The van der Waals surface area contributed by atoms with Gasteiger partial charge in [0.2, 0.25) is 0 Å². The predicted molar refractivity (Wildman–Crippen MR) is 104 cm³/mol. The molecule has 0 fully saturated rings. The molecule has 0 radical (unpaired) electrons. The third kappa shape index (κ3) is 3.88. The molecule has 0 bridgehead atoms. The quantitative estimate of drug-likeness (QED) is 0.658. The Morgan fingerprint density at radius 1 is 1.11 bits per heavy atom. The number of nitrogens with zero attached hydrogens (tertiary/aromatic N) is 4. The summed E-state index contributed by atoms with van der Waals surface area (Å²) in [6, 6.07) is 1.35. The molecule has 0 aromatic carbocycles. The third-order valence-corrected chi connectivity index (χ3v) is 4.63. The van der Waals surface area contributed by atoms with Crippen LogP contribution in [-0.2, 0) is 27.2 Å². The van der Waals surface area contributed by atoms with Gasteiger partial charge < -0.3 is 10.6 Å². The first-order valence-electron chi connectivity index (χ1n) is 8.86. The zero-order valence-corrected chi connectivity index (χ0v) is 16.1. The molecule has 0 unspecified atom stereocenters. The Hall–Kier alpha value is -3.04. The van der Waals surface area contributed by atoms with E-state index in [0.29, 0.717) is 18.8 Å². The molecule has 0 spiro atoms. The first-order chi connectivity index (χ1) is 12.7. The molecule has 27 heavy (non-hydrogen) atoms. The maximum atomic E-state index is 12.4. The zero-order valence-electron chi connectivity index (χ0n) is 16.1. The summed E-state index contributed by atoms with van der Waals surface area (Å²) >= 11 is 0. The van der Waals surface area contributed by atoms with Crippen LogP contribution in [0.1, 0.15) is 32.4 Å². The fourth-order valence-corrected chi connectivity index (χ4v) is 2.90. The van der Waals surface area contributed by atoms with E-state index in [0.717, 1.165) is 17.4 Å². The molecule has 2 heterocycles. The van der Waals surface area contributed by atoms with E-state index in [1.807, 2.05) is 13.8 Å². The van der Waals surface area contributed by atoms with Gasteiger partial charge in [-0.25, -0.2) is 9.59 Å². The molecule has 0 saturated carbocycles. The topological polar surface area (TPSA) is 128 Å². The fourth-order valence-electron chi connectivity index (χ4n) is 2.90. The van der Waals surface area contributed by atoms with Crippen molar-refractivity contribution < 1.29 is 0 Å². The second-order valence-corrected chi connectivity index (χ2v) is 6.39. The van der Waals surface area contributed by atoms with Crippen LogP contribution in [0.4, 0.5) is 11.5 Å². The van der Waals surface area contributed by atoms with Gasteiger partial charge in [0.05, 0.1) is 6.54 Å². The molecule has 10 nitrogen and oxygen atoms in total. The molecule has 148 valence electrons. The van der Waals surface area contributed by atoms with Crippen LogP contribution >= 0.6 is 0 Å². The van der Waals surface area contributed by atoms with Crippen molar-refractivity contribution in [3.8, 4) is 0 Å². The van der Waals surface area contributed by atoms with Crippen LogP contribution in [0.15, 0.2) is 25.2 Å². The van der Waals surface area contributed by atoms with Gasteiger partial charge >= 0.3 is 11.4 Å². The van der Waals surface area contributed by atoms with Crippen molar-refractivity contribution in [1.82, 2.24) is 18.7 Å². The minimum absolute atomic E-state index is 0.0767. The Balaban J connectivity index is 2.56. The average molecular weight is 378 g/mol. The molecule has 2 aromatic heterocycles. The van der Waals surface area contributed by atoms with Gasteiger partial charge in [-0.1, -0.05) is 13.3 Å². The maximum absolute atomic E-state index is 12.4. The molecular weight excluding hydrogens is 352 g/mol. The lowest BCUT2D eigenvalue weighted by Crippen LogP contribution is -2.41. The first-order valence-corrected chi connectivity index (χ1v) is 8.86. The van der Waals surface area contributed by atoms with E-state index in [9.17, 15) is 19.2 Å². The molecule has 2 aromatic rings. The van der Waals surface area contributed by atoms with Gasteiger partial charge in [-0.3, -0.25) is 28.3 Å². The van der Waals surface area contributed by atoms with Crippen LogP contribution < -0.4 is 33.1 Å². The molecule has 0 amide bonds. The zero-order chi connectivity index (χ0) is 20.3. The first kappa shape index (κ1) is 20.3. The summed E-state index contributed by atoms with van der Waals surface area (Å²) in [5, 5.41) is 0. The van der Waals surface area contributed by atoms with E-state index in [2.05, 4.69) is 4.98 Å². The number of anilines is 2. The van der Waals surface area contributed by atoms with Crippen LogP contribution in [0.3, 0.4) is 0 Å². The van der Waals surface area contributed by atoms with Gasteiger partial charge in [-0.15, -0.1) is 0 Å². The van der Waals surface area contributed by atoms with Crippen molar-refractivity contribution in [2.75, 3.05) is 17.2 Å². The van der Waals surface area contributed by atoms with Crippen molar-refractivity contribution >= 4 is 11.5 Å². The van der Waals surface area contributed by atoms with Gasteiger partial charge in [-0.05, 0) is 13.3 Å². The van der Waals surface area contributed by atoms with Gasteiger partial charge in [-0.2, -0.15) is 0 Å². The maximum Gasteiger partial charge on any atom is 0.330 e. The summed E-state index contributed by atoms with van der Waals surface area (Å²) in [5.74, 6) is 0.0767. The number of hydrogen-bond acceptors (Lipinski definition) is 6. The number of unbranched alkanes of at least 4 members (excludes halogenated alkanes) is 1.